The zero-order chi connectivity index (χ0) is 17.2. The summed E-state index contributed by atoms with van der Waals surface area (Å²) in [7, 11) is 0. The number of aromatic nitrogens is 2. The summed E-state index contributed by atoms with van der Waals surface area (Å²) in [6, 6.07) is 7.78. The lowest BCUT2D eigenvalue weighted by Crippen LogP contribution is -2.51. The van der Waals surface area contributed by atoms with Crippen molar-refractivity contribution in [2.75, 3.05) is 37.7 Å². The summed E-state index contributed by atoms with van der Waals surface area (Å²) in [4.78, 5) is 20.7. The second kappa shape index (κ2) is 7.01. The Morgan fingerprint density at radius 1 is 1.16 bits per heavy atom. The van der Waals surface area contributed by atoms with Crippen LogP contribution in [0.1, 0.15) is 12.8 Å². The molecule has 8 heteroatoms. The highest BCUT2D eigenvalue weighted by atomic mass is 35.5. The fourth-order valence-electron chi connectivity index (χ4n) is 3.15. The number of benzene rings is 1. The van der Waals surface area contributed by atoms with Crippen LogP contribution in [0.5, 0.6) is 0 Å². The molecule has 0 spiro atoms. The monoisotopic (exact) mass is 362 g/mol. The number of rotatable bonds is 3. The van der Waals surface area contributed by atoms with Crippen molar-refractivity contribution in [3.63, 3.8) is 0 Å². The zero-order valence-corrected chi connectivity index (χ0v) is 14.5. The van der Waals surface area contributed by atoms with Crippen LogP contribution in [0.15, 0.2) is 28.8 Å². The molecule has 1 atom stereocenters. The van der Waals surface area contributed by atoms with E-state index in [4.69, 9.17) is 20.9 Å². The van der Waals surface area contributed by atoms with Gasteiger partial charge in [0.25, 0.3) is 5.91 Å². The molecule has 7 nitrogen and oxygen atoms in total. The fourth-order valence-corrected chi connectivity index (χ4v) is 3.28. The van der Waals surface area contributed by atoms with Gasteiger partial charge in [-0.25, -0.2) is 0 Å². The fraction of sp³-hybridized carbons (Fsp3) is 0.471. The van der Waals surface area contributed by atoms with Gasteiger partial charge in [-0.15, -0.1) is 0 Å². The van der Waals surface area contributed by atoms with E-state index in [1.165, 1.54) is 0 Å². The van der Waals surface area contributed by atoms with Crippen molar-refractivity contribution in [3.8, 4) is 11.4 Å². The average molecular weight is 363 g/mol. The van der Waals surface area contributed by atoms with Gasteiger partial charge in [0.15, 0.2) is 0 Å². The molecule has 0 radical (unpaired) electrons. The van der Waals surface area contributed by atoms with Gasteiger partial charge in [0.1, 0.15) is 6.10 Å². The molecule has 0 saturated carbocycles. The maximum absolute atomic E-state index is 12.4. The van der Waals surface area contributed by atoms with Crippen LogP contribution >= 0.6 is 11.6 Å². The number of hydrogen-bond acceptors (Lipinski definition) is 6. The molecule has 2 aliphatic heterocycles. The van der Waals surface area contributed by atoms with Crippen molar-refractivity contribution in [1.29, 1.82) is 0 Å². The summed E-state index contributed by atoms with van der Waals surface area (Å²) >= 11 is 5.90. The number of amides is 1. The van der Waals surface area contributed by atoms with E-state index in [9.17, 15) is 4.79 Å². The SMILES string of the molecule is O=C(C1CCCO1)N1CCN(c2nc(-c3ccc(Cl)cc3)no2)CC1. The largest absolute Gasteiger partial charge is 0.368 e. The van der Waals surface area contributed by atoms with Crippen LogP contribution in [0, 0.1) is 0 Å². The first-order valence-electron chi connectivity index (χ1n) is 8.46. The molecule has 25 heavy (non-hydrogen) atoms. The average Bonchev–Trinajstić information content (AvgIpc) is 3.34. The molecule has 1 aromatic heterocycles. The first kappa shape index (κ1) is 16.4. The van der Waals surface area contributed by atoms with Crippen molar-refractivity contribution in [1.82, 2.24) is 15.0 Å². The van der Waals surface area contributed by atoms with Crippen LogP contribution in [0.3, 0.4) is 0 Å². The van der Waals surface area contributed by atoms with E-state index < -0.39 is 0 Å². The van der Waals surface area contributed by atoms with Gasteiger partial charge >= 0.3 is 6.01 Å². The third-order valence-corrected chi connectivity index (χ3v) is 4.84. The molecule has 1 unspecified atom stereocenters. The number of anilines is 1. The Hall–Kier alpha value is -2.12. The van der Waals surface area contributed by atoms with Gasteiger partial charge in [-0.3, -0.25) is 4.79 Å². The molecular weight excluding hydrogens is 344 g/mol. The Morgan fingerprint density at radius 3 is 2.60 bits per heavy atom. The van der Waals surface area contributed by atoms with Crippen molar-refractivity contribution < 1.29 is 14.1 Å². The predicted molar refractivity (Wildman–Crippen MR) is 92.5 cm³/mol. The highest BCUT2D eigenvalue weighted by molar-refractivity contribution is 6.30. The van der Waals surface area contributed by atoms with Gasteiger partial charge in [0.05, 0.1) is 0 Å². The Morgan fingerprint density at radius 2 is 1.92 bits per heavy atom. The van der Waals surface area contributed by atoms with Crippen LogP contribution in [0.4, 0.5) is 6.01 Å². The Kier molecular flexibility index (Phi) is 4.59. The van der Waals surface area contributed by atoms with E-state index in [1.807, 2.05) is 21.9 Å². The number of piperazine rings is 1. The highest BCUT2D eigenvalue weighted by Crippen LogP contribution is 2.23. The van der Waals surface area contributed by atoms with Gasteiger partial charge < -0.3 is 19.1 Å². The Labute approximate surface area is 150 Å². The molecule has 2 saturated heterocycles. The lowest BCUT2D eigenvalue weighted by atomic mass is 10.2. The minimum absolute atomic E-state index is 0.101. The molecule has 4 rings (SSSR count). The van der Waals surface area contributed by atoms with Gasteiger partial charge in [-0.2, -0.15) is 4.98 Å². The van der Waals surface area contributed by atoms with Crippen LogP contribution in [-0.2, 0) is 9.53 Å². The first-order chi connectivity index (χ1) is 12.2. The minimum Gasteiger partial charge on any atom is -0.368 e. The Balaban J connectivity index is 1.38. The molecule has 2 aliphatic rings. The van der Waals surface area contributed by atoms with Gasteiger partial charge in [0.2, 0.25) is 5.82 Å². The van der Waals surface area contributed by atoms with E-state index in [1.54, 1.807) is 12.1 Å². The van der Waals surface area contributed by atoms with Crippen LogP contribution in [0.2, 0.25) is 5.02 Å². The number of carbonyl (C=O) groups excluding carboxylic acids is 1. The standard InChI is InChI=1S/C17H19ClN4O3/c18-13-5-3-12(4-6-13)15-19-17(25-20-15)22-9-7-21(8-10-22)16(23)14-2-1-11-24-14/h3-6,14H,1-2,7-11H2. The van der Waals surface area contributed by atoms with Crippen LogP contribution < -0.4 is 4.90 Å². The molecule has 1 aromatic carbocycles. The molecule has 1 amide bonds. The lowest BCUT2D eigenvalue weighted by molar-refractivity contribution is -0.141. The minimum atomic E-state index is -0.258. The number of ether oxygens (including phenoxy) is 1. The quantitative estimate of drug-likeness (QED) is 0.833. The van der Waals surface area contributed by atoms with Crippen molar-refractivity contribution in [3.05, 3.63) is 29.3 Å². The van der Waals surface area contributed by atoms with Crippen molar-refractivity contribution in [2.24, 2.45) is 0 Å². The molecule has 132 valence electrons. The van der Waals surface area contributed by atoms with E-state index in [2.05, 4.69) is 10.1 Å². The van der Waals surface area contributed by atoms with Crippen molar-refractivity contribution in [2.45, 2.75) is 18.9 Å². The third kappa shape index (κ3) is 3.48. The summed E-state index contributed by atoms with van der Waals surface area (Å²) in [5.74, 6) is 0.633. The summed E-state index contributed by atoms with van der Waals surface area (Å²) in [6.45, 7) is 3.29. The topological polar surface area (TPSA) is 71.7 Å². The zero-order valence-electron chi connectivity index (χ0n) is 13.7. The van der Waals surface area contributed by atoms with Crippen LogP contribution in [0.25, 0.3) is 11.4 Å². The van der Waals surface area contributed by atoms with Gasteiger partial charge in [0, 0.05) is 43.4 Å². The van der Waals surface area contributed by atoms with Gasteiger partial charge in [-0.05, 0) is 37.1 Å². The number of carbonyl (C=O) groups is 1. The smallest absolute Gasteiger partial charge is 0.324 e. The normalized spacial score (nSPS) is 20.9. The van der Waals surface area contributed by atoms with E-state index in [0.29, 0.717) is 49.6 Å². The third-order valence-electron chi connectivity index (χ3n) is 4.58. The molecule has 0 bridgehead atoms. The van der Waals surface area contributed by atoms with Crippen LogP contribution in [-0.4, -0.2) is 59.8 Å². The lowest BCUT2D eigenvalue weighted by Gasteiger charge is -2.34. The molecule has 3 heterocycles. The number of halogens is 1. The maximum Gasteiger partial charge on any atom is 0.324 e. The molecule has 0 N–H and O–H groups in total. The van der Waals surface area contributed by atoms with Gasteiger partial charge in [-0.1, -0.05) is 16.8 Å². The molecule has 2 aromatic rings. The molecule has 2 fully saturated rings. The van der Waals surface area contributed by atoms with Crippen molar-refractivity contribution >= 4 is 23.5 Å². The maximum atomic E-state index is 12.4. The Bertz CT molecular complexity index is 735. The summed E-state index contributed by atoms with van der Waals surface area (Å²) in [5.41, 5.74) is 0.853. The number of hydrogen-bond donors (Lipinski definition) is 0. The highest BCUT2D eigenvalue weighted by Gasteiger charge is 2.31. The predicted octanol–water partition coefficient (Wildman–Crippen LogP) is 2.22. The molecule has 0 aliphatic carbocycles. The summed E-state index contributed by atoms with van der Waals surface area (Å²) in [5, 5.41) is 4.70. The second-order valence-corrected chi connectivity index (χ2v) is 6.66. The van der Waals surface area contributed by atoms with E-state index in [0.717, 1.165) is 18.4 Å². The van der Waals surface area contributed by atoms with E-state index >= 15 is 0 Å². The van der Waals surface area contributed by atoms with E-state index in [-0.39, 0.29) is 12.0 Å². The molecular formula is C17H19ClN4O3. The first-order valence-corrected chi connectivity index (χ1v) is 8.83. The second-order valence-electron chi connectivity index (χ2n) is 6.22. The summed E-state index contributed by atoms with van der Waals surface area (Å²) < 4.78 is 10.9. The number of nitrogens with zero attached hydrogens (tertiary/aromatic N) is 4. The summed E-state index contributed by atoms with van der Waals surface area (Å²) in [6.07, 6.45) is 1.53.